The SMILES string of the molecule is COC(=O)[C@H](C)NP(=O)(OC[C@@H](OC#N)[C@@H](OC(=O)C(C)C)[C@@H](OC(=O)C(C)C)c1ccc2c(N)ncnn12)Oc1ccc(C(C)(C)C)cc1. The normalized spacial score (nSPS) is 15.3. The molecule has 3 aromatic rings. The number of rotatable bonds is 16. The van der Waals surface area contributed by atoms with Crippen LogP contribution in [0.1, 0.15) is 72.8 Å². The van der Waals surface area contributed by atoms with E-state index < -0.39 is 68.5 Å². The van der Waals surface area contributed by atoms with Crippen molar-refractivity contribution >= 4 is 37.0 Å². The Balaban J connectivity index is 2.11. The average Bonchev–Trinajstić information content (AvgIpc) is 3.49. The van der Waals surface area contributed by atoms with Gasteiger partial charge in [-0.1, -0.05) is 60.6 Å². The molecule has 0 fully saturated rings. The van der Waals surface area contributed by atoms with Crippen LogP contribution < -0.4 is 15.3 Å². The Kier molecular flexibility index (Phi) is 13.3. The third kappa shape index (κ3) is 10.2. The summed E-state index contributed by atoms with van der Waals surface area (Å²) in [5.41, 5.74) is 7.38. The van der Waals surface area contributed by atoms with E-state index in [0.717, 1.165) is 12.7 Å². The molecule has 272 valence electrons. The molecule has 17 heteroatoms. The summed E-state index contributed by atoms with van der Waals surface area (Å²) in [6.45, 7) is 13.1. The summed E-state index contributed by atoms with van der Waals surface area (Å²) >= 11 is 0. The number of benzene rings is 1. The molecule has 0 saturated heterocycles. The summed E-state index contributed by atoms with van der Waals surface area (Å²) in [5.74, 6) is -3.24. The van der Waals surface area contributed by atoms with Gasteiger partial charge < -0.3 is 29.2 Å². The summed E-state index contributed by atoms with van der Waals surface area (Å²) in [7, 11) is -3.34. The Hall–Kier alpha value is -4.71. The molecule has 2 heterocycles. The number of nitrogens with one attached hydrogen (secondary N) is 1. The van der Waals surface area contributed by atoms with Gasteiger partial charge >= 0.3 is 25.7 Å². The van der Waals surface area contributed by atoms with Crippen LogP contribution >= 0.6 is 7.75 Å². The van der Waals surface area contributed by atoms with Crippen LogP contribution in [0.15, 0.2) is 42.7 Å². The Labute approximate surface area is 291 Å². The van der Waals surface area contributed by atoms with E-state index in [0.29, 0.717) is 5.52 Å². The summed E-state index contributed by atoms with van der Waals surface area (Å²) in [5, 5.41) is 16.5. The lowest BCUT2D eigenvalue weighted by molar-refractivity contribution is -0.184. The first kappa shape index (κ1) is 39.7. The number of hydrogen-bond acceptors (Lipinski definition) is 14. The summed E-state index contributed by atoms with van der Waals surface area (Å²) in [4.78, 5) is 42.5. The maximum absolute atomic E-state index is 14.3. The number of esters is 3. The van der Waals surface area contributed by atoms with Crippen LogP contribution in [0.3, 0.4) is 0 Å². The van der Waals surface area contributed by atoms with Gasteiger partial charge in [-0.3, -0.25) is 18.9 Å². The second kappa shape index (κ2) is 16.8. The van der Waals surface area contributed by atoms with Crippen LogP contribution in [0.25, 0.3) is 5.52 Å². The van der Waals surface area contributed by atoms with Crippen LogP contribution in [0.5, 0.6) is 5.75 Å². The molecule has 2 aromatic heterocycles. The molecule has 0 aliphatic rings. The number of nitriles is 1. The largest absolute Gasteiger partial charge is 0.468 e. The van der Waals surface area contributed by atoms with Gasteiger partial charge in [-0.25, -0.2) is 14.1 Å². The van der Waals surface area contributed by atoms with E-state index in [-0.39, 0.29) is 22.7 Å². The summed E-state index contributed by atoms with van der Waals surface area (Å²) < 4.78 is 49.2. The van der Waals surface area contributed by atoms with E-state index in [4.69, 9.17) is 33.7 Å². The Morgan fingerprint density at radius 2 is 1.60 bits per heavy atom. The fourth-order valence-electron chi connectivity index (χ4n) is 4.49. The van der Waals surface area contributed by atoms with E-state index in [2.05, 4.69) is 15.2 Å². The molecular weight excluding hydrogens is 671 g/mol. The minimum absolute atomic E-state index is 0.114. The highest BCUT2D eigenvalue weighted by atomic mass is 31.2. The highest BCUT2D eigenvalue weighted by Gasteiger charge is 2.43. The first-order valence-electron chi connectivity index (χ1n) is 15.8. The number of carbonyl (C=O) groups excluding carboxylic acids is 3. The van der Waals surface area contributed by atoms with Crippen LogP contribution in [-0.4, -0.2) is 64.5 Å². The number of anilines is 1. The maximum Gasteiger partial charge on any atom is 0.459 e. The fraction of sp³-hybridized carbons (Fsp3) is 0.515. The molecule has 0 bridgehead atoms. The number of nitrogens with zero attached hydrogens (tertiary/aromatic N) is 4. The van der Waals surface area contributed by atoms with Gasteiger partial charge in [-0.05, 0) is 42.2 Å². The lowest BCUT2D eigenvalue weighted by Gasteiger charge is -2.32. The number of ether oxygens (including phenoxy) is 4. The molecule has 1 aromatic carbocycles. The number of carbonyl (C=O) groups is 3. The van der Waals surface area contributed by atoms with Crippen molar-refractivity contribution in [3.8, 4) is 12.0 Å². The average molecular weight is 717 g/mol. The summed E-state index contributed by atoms with van der Waals surface area (Å²) in [6.07, 6.45) is -1.86. The smallest absolute Gasteiger partial charge is 0.459 e. The van der Waals surface area contributed by atoms with E-state index >= 15 is 0 Å². The first-order chi connectivity index (χ1) is 23.4. The van der Waals surface area contributed by atoms with Crippen molar-refractivity contribution in [3.63, 3.8) is 0 Å². The molecule has 16 nitrogen and oxygen atoms in total. The van der Waals surface area contributed by atoms with Crippen molar-refractivity contribution < 1.29 is 46.9 Å². The van der Waals surface area contributed by atoms with Gasteiger partial charge in [0.25, 0.3) is 6.26 Å². The maximum atomic E-state index is 14.3. The quantitative estimate of drug-likeness (QED) is 0.0894. The van der Waals surface area contributed by atoms with Gasteiger partial charge in [-0.2, -0.15) is 15.4 Å². The highest BCUT2D eigenvalue weighted by Crippen LogP contribution is 2.46. The second-order valence-corrected chi connectivity index (χ2v) is 14.7. The third-order valence-electron chi connectivity index (χ3n) is 7.37. The van der Waals surface area contributed by atoms with Crippen molar-refractivity contribution in [3.05, 3.63) is 54.0 Å². The van der Waals surface area contributed by atoms with E-state index in [1.165, 1.54) is 23.8 Å². The van der Waals surface area contributed by atoms with Crippen molar-refractivity contribution in [2.75, 3.05) is 19.5 Å². The predicted octanol–water partition coefficient (Wildman–Crippen LogP) is 4.64. The zero-order valence-electron chi connectivity index (χ0n) is 29.6. The molecule has 3 rings (SSSR count). The molecule has 0 aliphatic carbocycles. The number of aromatic nitrogens is 3. The van der Waals surface area contributed by atoms with Gasteiger partial charge in [0.15, 0.2) is 24.1 Å². The molecule has 0 spiro atoms. The van der Waals surface area contributed by atoms with Crippen LogP contribution in [0.4, 0.5) is 5.82 Å². The minimum atomic E-state index is -4.50. The van der Waals surface area contributed by atoms with Crippen molar-refractivity contribution in [1.29, 1.82) is 5.26 Å². The van der Waals surface area contributed by atoms with Crippen LogP contribution in [0.2, 0.25) is 0 Å². The highest BCUT2D eigenvalue weighted by molar-refractivity contribution is 7.52. The number of nitrogens with two attached hydrogens (primary N) is 1. The number of hydrogen-bond donors (Lipinski definition) is 2. The van der Waals surface area contributed by atoms with Gasteiger partial charge in [0.05, 0.1) is 24.6 Å². The summed E-state index contributed by atoms with van der Waals surface area (Å²) in [6, 6.07) is 8.68. The monoisotopic (exact) mass is 716 g/mol. The number of methoxy groups -OCH3 is 1. The van der Waals surface area contributed by atoms with Crippen LogP contribution in [0, 0.1) is 23.4 Å². The van der Waals surface area contributed by atoms with Gasteiger partial charge in [-0.15, -0.1) is 0 Å². The van der Waals surface area contributed by atoms with Gasteiger partial charge in [0, 0.05) is 0 Å². The lowest BCUT2D eigenvalue weighted by Crippen LogP contribution is -2.44. The standard InChI is InChI=1S/C33H45N6O10P/c1-19(2)30(40)47-27(24-14-15-25-29(35)36-18-37-39(24)25)28(48-31(41)20(3)4)26(45-17-34)16-46-50(43,38-21(5)32(42)44-9)49-23-12-10-22(11-13-23)33(6,7)8/h10-15,18-21,26-28H,16H2,1-9H3,(H,38,43)(H2,35,36,37)/t21-,26+,27-,28+,50?/m0/s1. The minimum Gasteiger partial charge on any atom is -0.468 e. The Morgan fingerprint density at radius 1 is 0.980 bits per heavy atom. The number of nitrogen functional groups attached to an aromatic ring is 1. The van der Waals surface area contributed by atoms with Crippen molar-refractivity contribution in [1.82, 2.24) is 19.7 Å². The van der Waals surface area contributed by atoms with Crippen molar-refractivity contribution in [2.45, 2.75) is 85.2 Å². The topological polar surface area (TPSA) is 216 Å². The third-order valence-corrected chi connectivity index (χ3v) is 9.01. The molecule has 0 saturated carbocycles. The fourth-order valence-corrected chi connectivity index (χ4v) is 6.00. The van der Waals surface area contributed by atoms with E-state index in [9.17, 15) is 24.2 Å². The zero-order valence-corrected chi connectivity index (χ0v) is 30.5. The molecule has 0 aliphatic heterocycles. The lowest BCUT2D eigenvalue weighted by atomic mass is 9.87. The first-order valence-corrected chi connectivity index (χ1v) is 17.4. The molecule has 5 atom stereocenters. The molecule has 50 heavy (non-hydrogen) atoms. The van der Waals surface area contributed by atoms with Crippen LogP contribution in [-0.2, 0) is 47.8 Å². The van der Waals surface area contributed by atoms with E-state index in [1.807, 2.05) is 20.8 Å². The molecular formula is C33H45N6O10P. The molecule has 0 amide bonds. The molecule has 0 radical (unpaired) electrons. The van der Waals surface area contributed by atoms with Gasteiger partial charge in [0.1, 0.15) is 30.2 Å². The second-order valence-electron chi connectivity index (χ2n) is 13.0. The van der Waals surface area contributed by atoms with Gasteiger partial charge in [0.2, 0.25) is 0 Å². The molecule has 1 unspecified atom stereocenters. The predicted molar refractivity (Wildman–Crippen MR) is 180 cm³/mol. The Bertz CT molecular complexity index is 1730. The number of fused-ring (bicyclic) bond motifs is 1. The Morgan fingerprint density at radius 3 is 2.16 bits per heavy atom. The van der Waals surface area contributed by atoms with Crippen molar-refractivity contribution in [2.24, 2.45) is 11.8 Å². The molecule has 3 N–H and O–H groups in total. The van der Waals surface area contributed by atoms with E-state index in [1.54, 1.807) is 64.3 Å². The zero-order chi connectivity index (χ0) is 37.4.